The first-order valence-corrected chi connectivity index (χ1v) is 26.4. The lowest BCUT2D eigenvalue weighted by molar-refractivity contribution is -0.300. The molecular formula is C46H48N4O13S8. The van der Waals surface area contributed by atoms with E-state index in [-0.39, 0.29) is 6.42 Å². The average molecular weight is 1120 g/mol. The van der Waals surface area contributed by atoms with Gasteiger partial charge in [-0.05, 0) is 125 Å². The molecule has 4 aromatic carbocycles. The number of benzene rings is 4. The number of hydroxylamine groups is 4. The Kier molecular flexibility index (Phi) is 23.2. The highest BCUT2D eigenvalue weighted by atomic mass is 32.2. The summed E-state index contributed by atoms with van der Waals surface area (Å²) in [5.41, 5.74) is 9.09. The van der Waals surface area contributed by atoms with Gasteiger partial charge in [-0.3, -0.25) is 52.9 Å². The first kappa shape index (κ1) is 57.9. The Morgan fingerprint density at radius 2 is 0.775 bits per heavy atom. The van der Waals surface area contributed by atoms with Gasteiger partial charge in [0.15, 0.2) is 29.4 Å². The van der Waals surface area contributed by atoms with E-state index in [1.807, 2.05) is 0 Å². The summed E-state index contributed by atoms with van der Waals surface area (Å²) in [7, 11) is 0. The van der Waals surface area contributed by atoms with Crippen LogP contribution >= 0.6 is 97.6 Å². The van der Waals surface area contributed by atoms with Crippen molar-refractivity contribution < 1.29 is 62.4 Å². The van der Waals surface area contributed by atoms with Crippen molar-refractivity contribution in [2.75, 3.05) is 6.61 Å². The first-order chi connectivity index (χ1) is 33.8. The molecule has 4 N–H and O–H groups in total. The lowest BCUT2D eigenvalue weighted by Gasteiger charge is -2.39. The molecule has 0 radical (unpaired) electrons. The van der Waals surface area contributed by atoms with Crippen LogP contribution in [0.1, 0.15) is 34.1 Å². The Morgan fingerprint density at radius 1 is 0.479 bits per heavy atom. The van der Waals surface area contributed by atoms with Crippen LogP contribution in [-0.2, 0) is 62.4 Å². The van der Waals surface area contributed by atoms with Crippen LogP contribution in [0.25, 0.3) is 0 Å². The number of rotatable bonds is 25. The molecule has 4 unspecified atom stereocenters. The third-order valence-corrected chi connectivity index (χ3v) is 16.1. The predicted octanol–water partition coefficient (Wildman–Crippen LogP) is 6.18. The van der Waals surface area contributed by atoms with Crippen molar-refractivity contribution in [1.29, 1.82) is 0 Å². The first-order valence-electron chi connectivity index (χ1n) is 21.1. The SMILES string of the molecule is CC(=O)C(Sc1ccc(S)cc1)C(=O)NOC[C@@H]1O[C@H](ONC(=O)C(Sc2ccc(S)cc2)C(C)=O)C[C@H](ONC(=O)C(Sc2ccc(S)cc2)C(C)=O)[C@H]1ONC(=O)C(Sc1ccc(S)cc1)C(C)=O. The molecule has 378 valence electrons. The summed E-state index contributed by atoms with van der Waals surface area (Å²) in [6.45, 7) is 4.27. The van der Waals surface area contributed by atoms with E-state index in [2.05, 4.69) is 72.4 Å². The minimum absolute atomic E-state index is 0.387. The molecule has 1 heterocycles. The molecule has 71 heavy (non-hydrogen) atoms. The molecule has 0 spiro atoms. The fourth-order valence-corrected chi connectivity index (χ4v) is 10.2. The summed E-state index contributed by atoms with van der Waals surface area (Å²) in [6, 6.07) is 26.9. The van der Waals surface area contributed by atoms with Crippen LogP contribution in [0.4, 0.5) is 0 Å². The molecule has 5 rings (SSSR count). The van der Waals surface area contributed by atoms with Crippen LogP contribution < -0.4 is 21.9 Å². The number of ketones is 4. The quantitative estimate of drug-likeness (QED) is 0.0160. The number of carbonyl (C=O) groups excluding carboxylic acids is 8. The van der Waals surface area contributed by atoms with Crippen LogP contribution in [0.2, 0.25) is 0 Å². The highest BCUT2D eigenvalue weighted by molar-refractivity contribution is 8.02. The number of thiol groups is 4. The van der Waals surface area contributed by atoms with E-state index in [1.165, 1.54) is 27.7 Å². The van der Waals surface area contributed by atoms with Gasteiger partial charge in [-0.2, -0.15) is 0 Å². The van der Waals surface area contributed by atoms with Gasteiger partial charge in [0.2, 0.25) is 0 Å². The Hall–Kier alpha value is -3.96. The number of ether oxygens (including phenoxy) is 1. The molecular weight excluding hydrogens is 1070 g/mol. The maximum atomic E-state index is 13.7. The van der Waals surface area contributed by atoms with Gasteiger partial charge >= 0.3 is 0 Å². The molecule has 0 aromatic heterocycles. The van der Waals surface area contributed by atoms with E-state index in [4.69, 9.17) is 24.1 Å². The van der Waals surface area contributed by atoms with Crippen molar-refractivity contribution in [3.8, 4) is 0 Å². The second kappa shape index (κ2) is 28.5. The van der Waals surface area contributed by atoms with Crippen molar-refractivity contribution in [3.05, 3.63) is 97.1 Å². The molecule has 1 fully saturated rings. The van der Waals surface area contributed by atoms with Crippen molar-refractivity contribution >= 4 is 144 Å². The van der Waals surface area contributed by atoms with Gasteiger partial charge in [0.25, 0.3) is 23.6 Å². The Balaban J connectivity index is 1.42. The van der Waals surface area contributed by atoms with Crippen molar-refractivity contribution in [1.82, 2.24) is 21.9 Å². The Labute approximate surface area is 448 Å². The molecule has 0 bridgehead atoms. The number of hydrogen-bond acceptors (Lipinski definition) is 21. The molecule has 4 aromatic rings. The summed E-state index contributed by atoms with van der Waals surface area (Å²) in [5.74, 6) is -5.57. The molecule has 4 amide bonds. The van der Waals surface area contributed by atoms with E-state index in [1.54, 1.807) is 97.1 Å². The number of carbonyl (C=O) groups is 8. The van der Waals surface area contributed by atoms with Gasteiger partial charge in [0, 0.05) is 45.6 Å². The predicted molar refractivity (Wildman–Crippen MR) is 279 cm³/mol. The second-order valence-corrected chi connectivity index (χ2v) is 22.1. The fourth-order valence-electron chi connectivity index (χ4n) is 6.09. The second-order valence-electron chi connectivity index (χ2n) is 15.3. The van der Waals surface area contributed by atoms with Gasteiger partial charge in [0.05, 0.1) is 0 Å². The third-order valence-electron chi connectivity index (χ3n) is 9.59. The molecule has 8 atom stereocenters. The molecule has 1 aliphatic rings. The topological polar surface area (TPSA) is 231 Å². The van der Waals surface area contributed by atoms with Gasteiger partial charge < -0.3 is 4.74 Å². The van der Waals surface area contributed by atoms with E-state index in [0.717, 1.165) is 47.0 Å². The van der Waals surface area contributed by atoms with Gasteiger partial charge in [-0.15, -0.1) is 97.6 Å². The van der Waals surface area contributed by atoms with Crippen LogP contribution in [0.15, 0.2) is 136 Å². The van der Waals surface area contributed by atoms with Crippen molar-refractivity contribution in [2.24, 2.45) is 0 Å². The molecule has 0 saturated carbocycles. The highest BCUT2D eigenvalue weighted by Crippen LogP contribution is 2.31. The number of nitrogens with one attached hydrogen (secondary N) is 4. The fraction of sp³-hybridized carbons (Fsp3) is 0.304. The van der Waals surface area contributed by atoms with Gasteiger partial charge in [-0.1, -0.05) is 0 Å². The summed E-state index contributed by atoms with van der Waals surface area (Å²) in [6.07, 6.45) is -6.21. The van der Waals surface area contributed by atoms with E-state index >= 15 is 0 Å². The molecule has 1 saturated heterocycles. The molecule has 25 heteroatoms. The summed E-state index contributed by atoms with van der Waals surface area (Å²) < 4.78 is 6.17. The standard InChI is InChI=1S/C46H48N4O13S8/c1-23(51)39(68-31-13-5-27(64)6-14-31)43(55)47-59-22-36-38(63-50-46(58)42(26(4)54)71-34-19-11-30(67)12-20-34)35(61-48-44(56)40(24(2)52)69-32-15-7-28(65)8-16-32)21-37(60-36)62-49-45(57)41(25(3)53)70-33-17-9-29(66)10-18-33/h5-20,35-42,64-67H,21-22H2,1-4H3,(H,47,55)(H,48,56)(H,49,57)(H,50,58)/t35-,36-,37+,38+,39?,40?,41?,42?/m0/s1. The number of amides is 4. The van der Waals surface area contributed by atoms with Crippen LogP contribution in [0.3, 0.4) is 0 Å². The van der Waals surface area contributed by atoms with E-state index in [0.29, 0.717) is 39.2 Å². The number of Topliss-reactive ketones (excluding diaryl/α,β-unsaturated/α-hetero) is 4. The summed E-state index contributed by atoms with van der Waals surface area (Å²) in [5, 5.41) is -5.21. The largest absolute Gasteiger partial charge is 0.341 e. The zero-order valence-electron chi connectivity index (χ0n) is 38.0. The Bertz CT molecular complexity index is 2530. The maximum Gasteiger partial charge on any atom is 0.264 e. The number of hydrogen-bond donors (Lipinski definition) is 8. The normalized spacial score (nSPS) is 18.2. The lowest BCUT2D eigenvalue weighted by atomic mass is 10.0. The molecule has 1 aliphatic heterocycles. The molecule has 17 nitrogen and oxygen atoms in total. The number of thioether (sulfide) groups is 4. The minimum atomic E-state index is -1.49. The van der Waals surface area contributed by atoms with E-state index in [9.17, 15) is 38.4 Å². The summed E-state index contributed by atoms with van der Waals surface area (Å²) in [4.78, 5) is 134. The van der Waals surface area contributed by atoms with Crippen molar-refractivity contribution in [2.45, 2.75) is 119 Å². The minimum Gasteiger partial charge on any atom is -0.341 e. The maximum absolute atomic E-state index is 13.7. The van der Waals surface area contributed by atoms with Gasteiger partial charge in [-0.25, -0.2) is 26.8 Å². The average Bonchev–Trinajstić information content (AvgIpc) is 3.33. The monoisotopic (exact) mass is 1120 g/mol. The van der Waals surface area contributed by atoms with Crippen molar-refractivity contribution in [3.63, 3.8) is 0 Å². The third kappa shape index (κ3) is 18.5. The highest BCUT2D eigenvalue weighted by Gasteiger charge is 2.45. The zero-order valence-corrected chi connectivity index (χ0v) is 44.8. The van der Waals surface area contributed by atoms with Gasteiger partial charge in [0.1, 0.15) is 45.9 Å². The van der Waals surface area contributed by atoms with Crippen LogP contribution in [-0.4, -0.2) is 99.0 Å². The zero-order chi connectivity index (χ0) is 51.8. The summed E-state index contributed by atoms with van der Waals surface area (Å²) >= 11 is 20.9. The Morgan fingerprint density at radius 3 is 1.10 bits per heavy atom. The molecule has 0 aliphatic carbocycles. The smallest absolute Gasteiger partial charge is 0.264 e. The van der Waals surface area contributed by atoms with Crippen LogP contribution in [0.5, 0.6) is 0 Å². The lowest BCUT2D eigenvalue weighted by Crippen LogP contribution is -2.58. The van der Waals surface area contributed by atoms with Crippen LogP contribution in [0, 0.1) is 0 Å². The van der Waals surface area contributed by atoms with E-state index < -0.39 is 99.0 Å².